The number of carbonyl (C=O) groups excluding carboxylic acids is 4. The highest BCUT2D eigenvalue weighted by Gasteiger charge is 2.65. The summed E-state index contributed by atoms with van der Waals surface area (Å²) in [5, 5.41) is 0. The second-order valence-electron chi connectivity index (χ2n) is 10.4. The molecule has 2 aromatic rings. The maximum absolute atomic E-state index is 13.9. The number of methoxy groups -OCH3 is 1. The minimum atomic E-state index is -0.819. The number of amides is 2. The summed E-state index contributed by atoms with van der Waals surface area (Å²) in [4.78, 5) is 55.8. The Morgan fingerprint density at radius 1 is 0.917 bits per heavy atom. The fraction of sp³-hybridized carbons (Fsp3) is 0.357. The highest BCUT2D eigenvalue weighted by Crippen LogP contribution is 2.51. The summed E-state index contributed by atoms with van der Waals surface area (Å²) in [6.45, 7) is 6.80. The van der Waals surface area contributed by atoms with Gasteiger partial charge in [0.05, 0.1) is 30.7 Å². The molecule has 0 radical (unpaired) electrons. The molecular weight excluding hydrogens is 460 g/mol. The Morgan fingerprint density at radius 3 is 2.17 bits per heavy atom. The van der Waals surface area contributed by atoms with Crippen LogP contribution in [0.25, 0.3) is 6.08 Å². The first-order chi connectivity index (χ1) is 17.0. The van der Waals surface area contributed by atoms with E-state index in [-0.39, 0.29) is 11.7 Å². The molecule has 3 aliphatic rings. The molecule has 0 aromatic heterocycles. The Hall–Kier alpha value is -3.94. The molecule has 0 N–H and O–H groups in total. The van der Waals surface area contributed by atoms with Crippen molar-refractivity contribution in [3.63, 3.8) is 0 Å². The van der Waals surface area contributed by atoms with Gasteiger partial charge in [-0.3, -0.25) is 19.2 Å². The van der Waals surface area contributed by atoms with Crippen LogP contribution in [0.15, 0.2) is 48.5 Å². The van der Waals surface area contributed by atoms with Crippen molar-refractivity contribution in [3.05, 3.63) is 54.1 Å². The van der Waals surface area contributed by atoms with Gasteiger partial charge >= 0.3 is 5.97 Å². The molecule has 0 saturated carbocycles. The van der Waals surface area contributed by atoms with Gasteiger partial charge in [-0.05, 0) is 42.5 Å². The van der Waals surface area contributed by atoms with E-state index in [1.54, 1.807) is 31.4 Å². The lowest BCUT2D eigenvalue weighted by atomic mass is 9.79. The van der Waals surface area contributed by atoms with Crippen LogP contribution in [0.1, 0.15) is 33.3 Å². The summed E-state index contributed by atoms with van der Waals surface area (Å²) >= 11 is 0. The zero-order valence-electron chi connectivity index (χ0n) is 20.8. The van der Waals surface area contributed by atoms with E-state index >= 15 is 0 Å². The molecule has 8 heteroatoms. The van der Waals surface area contributed by atoms with Gasteiger partial charge in [0.25, 0.3) is 0 Å². The summed E-state index contributed by atoms with van der Waals surface area (Å²) in [7, 11) is 1.59. The lowest BCUT2D eigenvalue weighted by Crippen LogP contribution is -2.51. The quantitative estimate of drug-likeness (QED) is 0.369. The van der Waals surface area contributed by atoms with Crippen molar-refractivity contribution in [1.29, 1.82) is 0 Å². The van der Waals surface area contributed by atoms with Gasteiger partial charge in [-0.15, -0.1) is 0 Å². The van der Waals surface area contributed by atoms with Crippen LogP contribution in [0.5, 0.6) is 11.5 Å². The van der Waals surface area contributed by atoms with Crippen molar-refractivity contribution < 1.29 is 28.7 Å². The van der Waals surface area contributed by atoms with Crippen LogP contribution in [0.2, 0.25) is 0 Å². The zero-order valence-corrected chi connectivity index (χ0v) is 20.8. The Kier molecular flexibility index (Phi) is 5.50. The predicted octanol–water partition coefficient (Wildman–Crippen LogP) is 3.63. The molecule has 2 amide bonds. The number of ketones is 1. The Balaban J connectivity index is 1.58. The first kappa shape index (κ1) is 23.8. The fourth-order valence-electron chi connectivity index (χ4n) is 5.51. The monoisotopic (exact) mass is 488 g/mol. The summed E-state index contributed by atoms with van der Waals surface area (Å²) in [6.07, 6.45) is 3.84. The molecule has 0 aliphatic carbocycles. The van der Waals surface area contributed by atoms with Crippen molar-refractivity contribution in [2.24, 2.45) is 17.3 Å². The molecule has 3 heterocycles. The first-order valence-electron chi connectivity index (χ1n) is 11.9. The number of esters is 1. The largest absolute Gasteiger partial charge is 0.497 e. The van der Waals surface area contributed by atoms with Gasteiger partial charge < -0.3 is 14.4 Å². The second-order valence-corrected chi connectivity index (χ2v) is 10.4. The minimum Gasteiger partial charge on any atom is -0.497 e. The maximum atomic E-state index is 13.9. The molecule has 2 fully saturated rings. The number of imide groups is 1. The van der Waals surface area contributed by atoms with Gasteiger partial charge in [0, 0.05) is 23.6 Å². The third kappa shape index (κ3) is 3.59. The third-order valence-corrected chi connectivity index (χ3v) is 7.08. The molecule has 8 nitrogen and oxygen atoms in total. The number of hydrogen-bond acceptors (Lipinski definition) is 7. The normalized spacial score (nSPS) is 24.4. The van der Waals surface area contributed by atoms with Crippen LogP contribution in [-0.4, -0.2) is 42.8 Å². The number of anilines is 2. The van der Waals surface area contributed by atoms with Crippen molar-refractivity contribution in [3.8, 4) is 11.5 Å². The summed E-state index contributed by atoms with van der Waals surface area (Å²) in [5.41, 5.74) is 1.34. The van der Waals surface area contributed by atoms with E-state index in [0.717, 1.165) is 11.3 Å². The Morgan fingerprint density at radius 2 is 1.56 bits per heavy atom. The van der Waals surface area contributed by atoms with Gasteiger partial charge in [0.15, 0.2) is 5.78 Å². The van der Waals surface area contributed by atoms with E-state index in [4.69, 9.17) is 9.47 Å². The average molecular weight is 489 g/mol. The molecule has 0 unspecified atom stereocenters. The van der Waals surface area contributed by atoms with Gasteiger partial charge in [-0.2, -0.15) is 0 Å². The van der Waals surface area contributed by atoms with Crippen LogP contribution in [0, 0.1) is 17.3 Å². The van der Waals surface area contributed by atoms with Gasteiger partial charge in [0.1, 0.15) is 17.5 Å². The summed E-state index contributed by atoms with van der Waals surface area (Å²) in [6, 6.07) is 10.6. The van der Waals surface area contributed by atoms with Gasteiger partial charge in [-0.25, -0.2) is 4.90 Å². The smallest absolute Gasteiger partial charge is 0.308 e. The number of Topliss-reactive ketones (excluding diaryl/α,β-unsaturated/α-hetero) is 1. The number of hydrogen-bond donors (Lipinski definition) is 0. The van der Waals surface area contributed by atoms with E-state index in [1.165, 1.54) is 11.8 Å². The lowest BCUT2D eigenvalue weighted by Gasteiger charge is -2.38. The average Bonchev–Trinajstić information content (AvgIpc) is 3.30. The lowest BCUT2D eigenvalue weighted by molar-refractivity contribution is -0.132. The standard InChI is InChI=1S/C28H28N2O6/c1-15(31)36-18-9-7-17(8-10-18)29-26(33)22-21-12-6-16-14-19(35-5)11-13-20(16)30(21)24(23(22)27(29)34)25(32)28(2,3)4/h6-14,21-24H,1-5H3/t21-,22+,23-,24-/m1/s1. The number of rotatable bonds is 4. The molecule has 0 spiro atoms. The Bertz CT molecular complexity index is 1310. The summed E-state index contributed by atoms with van der Waals surface area (Å²) in [5.74, 6) is -1.81. The topological polar surface area (TPSA) is 93.2 Å². The molecule has 5 rings (SSSR count). The van der Waals surface area contributed by atoms with Crippen LogP contribution in [-0.2, 0) is 19.2 Å². The van der Waals surface area contributed by atoms with Crippen LogP contribution < -0.4 is 19.3 Å². The highest BCUT2D eigenvalue weighted by atomic mass is 16.5. The van der Waals surface area contributed by atoms with Crippen molar-refractivity contribution in [2.45, 2.75) is 39.8 Å². The van der Waals surface area contributed by atoms with E-state index in [0.29, 0.717) is 17.2 Å². The maximum Gasteiger partial charge on any atom is 0.308 e. The van der Waals surface area contributed by atoms with E-state index in [1.807, 2.05) is 56.0 Å². The second kappa shape index (κ2) is 8.33. The molecule has 0 bridgehead atoms. The van der Waals surface area contributed by atoms with Crippen LogP contribution in [0.4, 0.5) is 11.4 Å². The first-order valence-corrected chi connectivity index (χ1v) is 11.9. The summed E-state index contributed by atoms with van der Waals surface area (Å²) < 4.78 is 10.4. The zero-order chi connectivity index (χ0) is 25.9. The van der Waals surface area contributed by atoms with E-state index in [2.05, 4.69) is 0 Å². The van der Waals surface area contributed by atoms with Crippen LogP contribution >= 0.6 is 0 Å². The number of carbonyl (C=O) groups is 4. The number of nitrogens with zero attached hydrogens (tertiary/aromatic N) is 2. The molecule has 186 valence electrons. The predicted molar refractivity (Wildman–Crippen MR) is 134 cm³/mol. The van der Waals surface area contributed by atoms with E-state index < -0.39 is 41.2 Å². The molecule has 2 aromatic carbocycles. The molecular formula is C28H28N2O6. The van der Waals surface area contributed by atoms with E-state index in [9.17, 15) is 19.2 Å². The number of ether oxygens (including phenoxy) is 2. The van der Waals surface area contributed by atoms with Crippen LogP contribution in [0.3, 0.4) is 0 Å². The number of benzene rings is 2. The molecule has 36 heavy (non-hydrogen) atoms. The van der Waals surface area contributed by atoms with Crippen molar-refractivity contribution in [2.75, 3.05) is 16.9 Å². The number of fused-ring (bicyclic) bond motifs is 5. The van der Waals surface area contributed by atoms with Crippen molar-refractivity contribution in [1.82, 2.24) is 0 Å². The van der Waals surface area contributed by atoms with Crippen molar-refractivity contribution >= 4 is 41.0 Å². The van der Waals surface area contributed by atoms with Gasteiger partial charge in [-0.1, -0.05) is 32.9 Å². The molecule has 2 saturated heterocycles. The highest BCUT2D eigenvalue weighted by molar-refractivity contribution is 6.25. The minimum absolute atomic E-state index is 0.0923. The fourth-order valence-corrected chi connectivity index (χ4v) is 5.51. The van der Waals surface area contributed by atoms with Gasteiger partial charge in [0.2, 0.25) is 11.8 Å². The molecule has 4 atom stereocenters. The molecule has 3 aliphatic heterocycles. The Labute approximate surface area is 209 Å². The third-order valence-electron chi connectivity index (χ3n) is 7.08. The SMILES string of the molecule is COc1ccc2c(c1)C=C[C@@H]1[C@@H]3C(=O)N(c4ccc(OC(C)=O)cc4)C(=O)[C@H]3[C@H](C(=O)C(C)(C)C)N21.